The van der Waals surface area contributed by atoms with Gasteiger partial charge in [0.1, 0.15) is 5.02 Å². The molecule has 0 aliphatic heterocycles. The monoisotopic (exact) mass is 368 g/mol. The van der Waals surface area contributed by atoms with Crippen LogP contribution in [0.1, 0.15) is 75.6 Å². The third-order valence-electron chi connectivity index (χ3n) is 4.24. The van der Waals surface area contributed by atoms with E-state index in [1.165, 1.54) is 12.1 Å². The van der Waals surface area contributed by atoms with E-state index in [4.69, 9.17) is 11.6 Å². The molecule has 1 aromatic carbocycles. The van der Waals surface area contributed by atoms with Crippen molar-refractivity contribution in [2.24, 2.45) is 0 Å². The quantitative estimate of drug-likeness (QED) is 0.264. The van der Waals surface area contributed by atoms with Crippen molar-refractivity contribution in [1.82, 2.24) is 4.90 Å². The molecule has 6 heteroatoms. The van der Waals surface area contributed by atoms with Gasteiger partial charge in [0.2, 0.25) is 0 Å². The smallest absolute Gasteiger partial charge is 0.288 e. The number of nitro benzene ring substituents is 1. The molecule has 0 atom stereocenters. The van der Waals surface area contributed by atoms with E-state index in [0.717, 1.165) is 51.4 Å². The van der Waals surface area contributed by atoms with Crippen LogP contribution in [0.15, 0.2) is 18.2 Å². The van der Waals surface area contributed by atoms with Gasteiger partial charge in [-0.1, -0.05) is 64.0 Å². The fraction of sp³-hybridized carbons (Fsp3) is 0.632. The Morgan fingerprint density at radius 1 is 1.04 bits per heavy atom. The van der Waals surface area contributed by atoms with Gasteiger partial charge in [0.05, 0.1) is 4.92 Å². The maximum Gasteiger partial charge on any atom is 0.288 e. The lowest BCUT2D eigenvalue weighted by atomic mass is 10.1. The van der Waals surface area contributed by atoms with Gasteiger partial charge >= 0.3 is 0 Å². The Kier molecular flexibility index (Phi) is 10.2. The first-order valence-electron chi connectivity index (χ1n) is 9.24. The second-order valence-electron chi connectivity index (χ2n) is 6.34. The minimum atomic E-state index is -0.550. The third kappa shape index (κ3) is 7.43. The molecular weight excluding hydrogens is 340 g/mol. The molecular formula is C19H29ClN2O3. The Morgan fingerprint density at radius 3 is 2.08 bits per heavy atom. The highest BCUT2D eigenvalue weighted by atomic mass is 35.5. The second kappa shape index (κ2) is 11.9. The van der Waals surface area contributed by atoms with E-state index < -0.39 is 4.92 Å². The van der Waals surface area contributed by atoms with E-state index in [-0.39, 0.29) is 16.6 Å². The largest absolute Gasteiger partial charge is 0.339 e. The first-order chi connectivity index (χ1) is 12.0. The summed E-state index contributed by atoms with van der Waals surface area (Å²) in [6.45, 7) is 5.70. The fourth-order valence-electron chi connectivity index (χ4n) is 2.74. The number of hydrogen-bond donors (Lipinski definition) is 0. The summed E-state index contributed by atoms with van der Waals surface area (Å²) in [5.74, 6) is -0.146. The molecule has 0 unspecified atom stereocenters. The topological polar surface area (TPSA) is 63.5 Å². The first kappa shape index (κ1) is 21.4. The molecule has 25 heavy (non-hydrogen) atoms. The summed E-state index contributed by atoms with van der Waals surface area (Å²) >= 11 is 5.85. The van der Waals surface area contributed by atoms with Crippen LogP contribution in [0.25, 0.3) is 0 Å². The number of nitro groups is 1. The van der Waals surface area contributed by atoms with Crippen molar-refractivity contribution in [2.75, 3.05) is 13.1 Å². The van der Waals surface area contributed by atoms with E-state index >= 15 is 0 Å². The SMILES string of the molecule is CCCCCCN(CCCCCC)C(=O)c1ccc(Cl)c([N+](=O)[O-])c1. The summed E-state index contributed by atoms with van der Waals surface area (Å²) in [6, 6.07) is 4.29. The standard InChI is InChI=1S/C19H29ClN2O3/c1-3-5-7-9-13-21(14-10-8-6-4-2)19(23)16-11-12-17(20)18(15-16)22(24)25/h11-12,15H,3-10,13-14H2,1-2H3. The highest BCUT2D eigenvalue weighted by molar-refractivity contribution is 6.32. The Balaban J connectivity index is 2.81. The maximum absolute atomic E-state index is 12.8. The van der Waals surface area contributed by atoms with Gasteiger partial charge in [0.25, 0.3) is 11.6 Å². The van der Waals surface area contributed by atoms with Crippen molar-refractivity contribution in [2.45, 2.75) is 65.2 Å². The number of carbonyl (C=O) groups excluding carboxylic acids is 1. The van der Waals surface area contributed by atoms with E-state index in [9.17, 15) is 14.9 Å². The number of unbranched alkanes of at least 4 members (excludes halogenated alkanes) is 6. The zero-order valence-corrected chi connectivity index (χ0v) is 16.1. The molecule has 0 heterocycles. The van der Waals surface area contributed by atoms with Gasteiger partial charge in [0, 0.05) is 24.7 Å². The number of nitrogens with zero attached hydrogens (tertiary/aromatic N) is 2. The van der Waals surface area contributed by atoms with Crippen LogP contribution in [0.2, 0.25) is 5.02 Å². The number of hydrogen-bond acceptors (Lipinski definition) is 3. The molecule has 0 saturated heterocycles. The minimum absolute atomic E-state index is 0.0546. The molecule has 0 radical (unpaired) electrons. The van der Waals surface area contributed by atoms with Crippen LogP contribution in [0, 0.1) is 10.1 Å². The van der Waals surface area contributed by atoms with Gasteiger partial charge in [-0.2, -0.15) is 0 Å². The van der Waals surface area contributed by atoms with Crippen molar-refractivity contribution in [3.63, 3.8) is 0 Å². The summed E-state index contributed by atoms with van der Waals surface area (Å²) in [5.41, 5.74) is 0.117. The molecule has 0 aliphatic rings. The highest BCUT2D eigenvalue weighted by Crippen LogP contribution is 2.26. The van der Waals surface area contributed by atoms with Gasteiger partial charge in [-0.05, 0) is 25.0 Å². The maximum atomic E-state index is 12.8. The summed E-state index contributed by atoms with van der Waals surface area (Å²) in [4.78, 5) is 25.2. The summed E-state index contributed by atoms with van der Waals surface area (Å²) in [5, 5.41) is 11.1. The zero-order chi connectivity index (χ0) is 18.7. The molecule has 1 rings (SSSR count). The van der Waals surface area contributed by atoms with Crippen molar-refractivity contribution >= 4 is 23.2 Å². The van der Waals surface area contributed by atoms with Gasteiger partial charge in [-0.3, -0.25) is 14.9 Å². The molecule has 0 spiro atoms. The van der Waals surface area contributed by atoms with Crippen molar-refractivity contribution < 1.29 is 9.72 Å². The molecule has 1 aromatic rings. The molecule has 5 nitrogen and oxygen atoms in total. The highest BCUT2D eigenvalue weighted by Gasteiger charge is 2.20. The number of halogens is 1. The molecule has 140 valence electrons. The normalized spacial score (nSPS) is 10.7. The van der Waals surface area contributed by atoms with E-state index in [1.54, 1.807) is 6.07 Å². The van der Waals surface area contributed by atoms with Crippen LogP contribution in [-0.4, -0.2) is 28.8 Å². The average molecular weight is 369 g/mol. The molecule has 0 N–H and O–H groups in total. The molecule has 0 aromatic heterocycles. The van der Waals surface area contributed by atoms with E-state index in [1.807, 2.05) is 4.90 Å². The minimum Gasteiger partial charge on any atom is -0.339 e. The molecule has 0 fully saturated rings. The summed E-state index contributed by atoms with van der Waals surface area (Å²) in [7, 11) is 0. The molecule has 0 bridgehead atoms. The zero-order valence-electron chi connectivity index (χ0n) is 15.3. The Bertz CT molecular complexity index is 552. The number of benzene rings is 1. The molecule has 0 aliphatic carbocycles. The van der Waals surface area contributed by atoms with Crippen LogP contribution in [0.4, 0.5) is 5.69 Å². The number of rotatable bonds is 12. The average Bonchev–Trinajstić information content (AvgIpc) is 2.60. The molecule has 1 amide bonds. The lowest BCUT2D eigenvalue weighted by Crippen LogP contribution is -2.33. The predicted molar refractivity (Wildman–Crippen MR) is 102 cm³/mol. The van der Waals surface area contributed by atoms with Crippen molar-refractivity contribution in [3.8, 4) is 0 Å². The number of carbonyl (C=O) groups is 1. The van der Waals surface area contributed by atoms with Crippen LogP contribution in [-0.2, 0) is 0 Å². The first-order valence-corrected chi connectivity index (χ1v) is 9.62. The van der Waals surface area contributed by atoms with Gasteiger partial charge in [0.15, 0.2) is 0 Å². The summed E-state index contributed by atoms with van der Waals surface area (Å²) < 4.78 is 0. The predicted octanol–water partition coefficient (Wildman–Crippen LogP) is 5.85. The summed E-state index contributed by atoms with van der Waals surface area (Å²) in [6.07, 6.45) is 8.72. The van der Waals surface area contributed by atoms with Crippen LogP contribution in [0.3, 0.4) is 0 Å². The van der Waals surface area contributed by atoms with Gasteiger partial charge in [-0.25, -0.2) is 0 Å². The Hall–Kier alpha value is -1.62. The Labute approximate surface area is 155 Å². The number of amides is 1. The van der Waals surface area contributed by atoms with Crippen LogP contribution in [0.5, 0.6) is 0 Å². The van der Waals surface area contributed by atoms with Gasteiger partial charge < -0.3 is 4.90 Å². The van der Waals surface area contributed by atoms with Crippen LogP contribution >= 0.6 is 11.6 Å². The van der Waals surface area contributed by atoms with Crippen molar-refractivity contribution in [3.05, 3.63) is 38.9 Å². The fourth-order valence-corrected chi connectivity index (χ4v) is 2.93. The Morgan fingerprint density at radius 2 is 1.60 bits per heavy atom. The second-order valence-corrected chi connectivity index (χ2v) is 6.74. The lowest BCUT2D eigenvalue weighted by molar-refractivity contribution is -0.384. The third-order valence-corrected chi connectivity index (χ3v) is 4.56. The van der Waals surface area contributed by atoms with Gasteiger partial charge in [-0.15, -0.1) is 0 Å². The molecule has 0 saturated carbocycles. The van der Waals surface area contributed by atoms with Crippen LogP contribution < -0.4 is 0 Å². The lowest BCUT2D eigenvalue weighted by Gasteiger charge is -2.23. The van der Waals surface area contributed by atoms with Crippen molar-refractivity contribution in [1.29, 1.82) is 0 Å². The van der Waals surface area contributed by atoms with E-state index in [2.05, 4.69) is 13.8 Å². The van der Waals surface area contributed by atoms with E-state index in [0.29, 0.717) is 18.7 Å².